The average molecular weight is 373 g/mol. The van der Waals surface area contributed by atoms with Crippen molar-refractivity contribution in [3.8, 4) is 0 Å². The van der Waals surface area contributed by atoms with Gasteiger partial charge in [-0.05, 0) is 5.92 Å². The summed E-state index contributed by atoms with van der Waals surface area (Å²) in [4.78, 5) is 27.3. The second-order valence-electron chi connectivity index (χ2n) is 6.15. The van der Waals surface area contributed by atoms with Crippen LogP contribution in [-0.4, -0.2) is 51.3 Å². The van der Waals surface area contributed by atoms with Crippen LogP contribution in [0.3, 0.4) is 0 Å². The molecule has 9 nitrogen and oxygen atoms in total. The van der Waals surface area contributed by atoms with Gasteiger partial charge in [0.1, 0.15) is 12.3 Å². The molecule has 1 aliphatic rings. The summed E-state index contributed by atoms with van der Waals surface area (Å²) >= 11 is 0. The Balaban J connectivity index is 2.05. The smallest absolute Gasteiger partial charge is 0.412 e. The Bertz CT molecular complexity index is 678. The Labute approximate surface area is 149 Å². The van der Waals surface area contributed by atoms with Gasteiger partial charge in [-0.25, -0.2) is 14.0 Å². The first-order valence-electron chi connectivity index (χ1n) is 8.56. The van der Waals surface area contributed by atoms with Crippen LogP contribution in [0.4, 0.5) is 15.0 Å². The number of anilines is 1. The number of amides is 1. The molecule has 0 aliphatic carbocycles. The topological polar surface area (TPSA) is 123 Å². The number of nitrogens with one attached hydrogen (secondary N) is 1. The number of aliphatic hydroxyl groups is 2. The van der Waals surface area contributed by atoms with E-state index in [1.807, 2.05) is 13.8 Å². The lowest BCUT2D eigenvalue weighted by Gasteiger charge is -2.16. The lowest BCUT2D eigenvalue weighted by Crippen LogP contribution is -2.30. The molecule has 0 spiro atoms. The SMILES string of the molecule is CCC(CC)COC(=O)Nc1nc(=O)n([C@H]2C[C@H](O)[C@@H](CO)O2)cc1F. The first-order valence-corrected chi connectivity index (χ1v) is 8.56. The van der Waals surface area contributed by atoms with Gasteiger partial charge in [0.15, 0.2) is 11.6 Å². The molecule has 0 saturated carbocycles. The van der Waals surface area contributed by atoms with E-state index in [2.05, 4.69) is 10.3 Å². The van der Waals surface area contributed by atoms with Gasteiger partial charge >= 0.3 is 11.8 Å². The van der Waals surface area contributed by atoms with E-state index < -0.39 is 48.5 Å². The van der Waals surface area contributed by atoms with Crippen LogP contribution in [-0.2, 0) is 9.47 Å². The number of ether oxygens (including phenoxy) is 2. The molecule has 26 heavy (non-hydrogen) atoms. The Morgan fingerprint density at radius 1 is 1.54 bits per heavy atom. The van der Waals surface area contributed by atoms with Gasteiger partial charge in [-0.15, -0.1) is 0 Å². The molecule has 1 saturated heterocycles. The quantitative estimate of drug-likeness (QED) is 0.652. The maximum atomic E-state index is 14.2. The van der Waals surface area contributed by atoms with Crippen LogP contribution in [0.15, 0.2) is 11.0 Å². The molecule has 10 heteroatoms. The lowest BCUT2D eigenvalue weighted by molar-refractivity contribution is -0.0461. The number of aromatic nitrogens is 2. The molecule has 3 atom stereocenters. The normalized spacial score (nSPS) is 22.6. The minimum atomic E-state index is -0.974. The van der Waals surface area contributed by atoms with Crippen molar-refractivity contribution in [2.24, 2.45) is 5.92 Å². The maximum Gasteiger partial charge on any atom is 0.412 e. The minimum Gasteiger partial charge on any atom is -0.449 e. The van der Waals surface area contributed by atoms with E-state index in [-0.39, 0.29) is 18.9 Å². The van der Waals surface area contributed by atoms with Crippen LogP contribution in [0.2, 0.25) is 0 Å². The summed E-state index contributed by atoms with van der Waals surface area (Å²) in [6.45, 7) is 3.71. The van der Waals surface area contributed by atoms with E-state index in [4.69, 9.17) is 14.6 Å². The standard InChI is InChI=1S/C16H24FN3O6/c1-3-9(4-2)8-25-16(24)19-14-10(17)6-20(15(23)18-14)13-5-11(22)12(7-21)26-13/h6,9,11-13,21-22H,3-5,7-8H2,1-2H3,(H,18,19,23,24)/t11-,12+,13+/m0/s1. The van der Waals surface area contributed by atoms with Crippen LogP contribution in [0.1, 0.15) is 39.3 Å². The number of hydrogen-bond donors (Lipinski definition) is 3. The van der Waals surface area contributed by atoms with Crippen molar-refractivity contribution in [3.63, 3.8) is 0 Å². The summed E-state index contributed by atoms with van der Waals surface area (Å²) in [5, 5.41) is 20.9. The van der Waals surface area contributed by atoms with Crippen LogP contribution in [0.25, 0.3) is 0 Å². The van der Waals surface area contributed by atoms with E-state index in [0.717, 1.165) is 23.6 Å². The van der Waals surface area contributed by atoms with Gasteiger partial charge in [0.25, 0.3) is 0 Å². The van der Waals surface area contributed by atoms with Crippen molar-refractivity contribution < 1.29 is 28.9 Å². The Morgan fingerprint density at radius 2 is 2.23 bits per heavy atom. The molecule has 1 aromatic heterocycles. The fraction of sp³-hybridized carbons (Fsp3) is 0.688. The van der Waals surface area contributed by atoms with Crippen molar-refractivity contribution in [2.45, 2.75) is 51.5 Å². The van der Waals surface area contributed by atoms with Gasteiger partial charge < -0.3 is 19.7 Å². The minimum absolute atomic E-state index is 0.0104. The predicted octanol–water partition coefficient (Wildman–Crippen LogP) is 1.01. The molecule has 1 aromatic rings. The number of nitrogens with zero attached hydrogens (tertiary/aromatic N) is 2. The fourth-order valence-electron chi connectivity index (χ4n) is 2.64. The zero-order valence-corrected chi connectivity index (χ0v) is 14.7. The summed E-state index contributed by atoms with van der Waals surface area (Å²) in [6, 6.07) is 0. The third-order valence-electron chi connectivity index (χ3n) is 4.43. The first-order chi connectivity index (χ1) is 12.4. The summed E-state index contributed by atoms with van der Waals surface area (Å²) in [5.74, 6) is -1.29. The molecule has 3 N–H and O–H groups in total. The molecule has 146 valence electrons. The third-order valence-corrected chi connectivity index (χ3v) is 4.43. The Morgan fingerprint density at radius 3 is 2.81 bits per heavy atom. The molecule has 0 unspecified atom stereocenters. The number of carbonyl (C=O) groups excluding carboxylic acids is 1. The molecular formula is C16H24FN3O6. The molecule has 2 rings (SSSR count). The molecule has 0 radical (unpaired) electrons. The maximum absolute atomic E-state index is 14.2. The molecule has 2 heterocycles. The van der Waals surface area contributed by atoms with Crippen molar-refractivity contribution >= 4 is 11.9 Å². The van der Waals surface area contributed by atoms with Gasteiger partial charge in [0.05, 0.1) is 25.5 Å². The number of rotatable bonds is 7. The van der Waals surface area contributed by atoms with Crippen molar-refractivity contribution in [2.75, 3.05) is 18.5 Å². The summed E-state index contributed by atoms with van der Waals surface area (Å²) in [6.07, 6.45) is -1.14. The number of hydrogen-bond acceptors (Lipinski definition) is 7. The molecule has 0 bridgehead atoms. The largest absolute Gasteiger partial charge is 0.449 e. The van der Waals surface area contributed by atoms with Crippen LogP contribution >= 0.6 is 0 Å². The second kappa shape index (κ2) is 9.06. The summed E-state index contributed by atoms with van der Waals surface area (Å²) in [7, 11) is 0. The van der Waals surface area contributed by atoms with E-state index in [0.29, 0.717) is 0 Å². The van der Waals surface area contributed by atoms with Crippen molar-refractivity contribution in [1.29, 1.82) is 0 Å². The van der Waals surface area contributed by atoms with E-state index >= 15 is 0 Å². The molecular weight excluding hydrogens is 349 g/mol. The molecule has 1 aliphatic heterocycles. The molecule has 0 aromatic carbocycles. The number of carbonyl (C=O) groups is 1. The van der Waals surface area contributed by atoms with Gasteiger partial charge in [-0.3, -0.25) is 9.88 Å². The monoisotopic (exact) mass is 373 g/mol. The van der Waals surface area contributed by atoms with E-state index in [9.17, 15) is 19.1 Å². The second-order valence-corrected chi connectivity index (χ2v) is 6.15. The zero-order valence-electron chi connectivity index (χ0n) is 14.7. The highest BCUT2D eigenvalue weighted by Crippen LogP contribution is 2.27. The third kappa shape index (κ3) is 4.77. The number of aliphatic hydroxyl groups excluding tert-OH is 2. The van der Waals surface area contributed by atoms with Crippen LogP contribution < -0.4 is 11.0 Å². The molecule has 1 fully saturated rings. The van der Waals surface area contributed by atoms with Gasteiger partial charge in [-0.2, -0.15) is 4.98 Å². The van der Waals surface area contributed by atoms with E-state index in [1.54, 1.807) is 0 Å². The highest BCUT2D eigenvalue weighted by Gasteiger charge is 2.35. The van der Waals surface area contributed by atoms with Crippen molar-refractivity contribution in [3.05, 3.63) is 22.5 Å². The van der Waals surface area contributed by atoms with Gasteiger partial charge in [0, 0.05) is 6.42 Å². The highest BCUT2D eigenvalue weighted by molar-refractivity contribution is 5.83. The Hall–Kier alpha value is -2.04. The Kier molecular flexibility index (Phi) is 7.06. The average Bonchev–Trinajstić information content (AvgIpc) is 2.99. The predicted molar refractivity (Wildman–Crippen MR) is 89.1 cm³/mol. The van der Waals surface area contributed by atoms with E-state index in [1.165, 1.54) is 0 Å². The summed E-state index contributed by atoms with van der Waals surface area (Å²) < 4.78 is 25.4. The first kappa shape index (κ1) is 20.3. The zero-order chi connectivity index (χ0) is 19.3. The highest BCUT2D eigenvalue weighted by atomic mass is 19.1. The van der Waals surface area contributed by atoms with Crippen molar-refractivity contribution in [1.82, 2.24) is 9.55 Å². The fourth-order valence-corrected chi connectivity index (χ4v) is 2.64. The summed E-state index contributed by atoms with van der Waals surface area (Å²) in [5.41, 5.74) is -0.863. The van der Waals surface area contributed by atoms with Crippen LogP contribution in [0, 0.1) is 11.7 Å². The number of halogens is 1. The van der Waals surface area contributed by atoms with Crippen LogP contribution in [0.5, 0.6) is 0 Å². The van der Waals surface area contributed by atoms with Gasteiger partial charge in [0.2, 0.25) is 0 Å². The lowest BCUT2D eigenvalue weighted by atomic mass is 10.1. The van der Waals surface area contributed by atoms with Gasteiger partial charge in [-0.1, -0.05) is 26.7 Å². The molecule has 1 amide bonds.